The van der Waals surface area contributed by atoms with E-state index in [4.69, 9.17) is 5.11 Å². The Bertz CT molecular complexity index is 597. The summed E-state index contributed by atoms with van der Waals surface area (Å²) in [5.41, 5.74) is 3.16. The monoisotopic (exact) mass is 257 g/mol. The Balaban J connectivity index is 2.31. The van der Waals surface area contributed by atoms with Crippen LogP contribution in [0.25, 0.3) is 11.1 Å². The summed E-state index contributed by atoms with van der Waals surface area (Å²) in [5.74, 6) is 0.506. The van der Waals surface area contributed by atoms with Crippen LogP contribution in [0.4, 0.5) is 0 Å². The molecule has 0 unspecified atom stereocenters. The molecule has 0 aliphatic carbocycles. The van der Waals surface area contributed by atoms with Gasteiger partial charge in [-0.15, -0.1) is 0 Å². The van der Waals surface area contributed by atoms with Crippen LogP contribution in [0.2, 0.25) is 0 Å². The molecule has 0 bridgehead atoms. The predicted molar refractivity (Wildman–Crippen MR) is 77.3 cm³/mol. The van der Waals surface area contributed by atoms with E-state index in [1.807, 2.05) is 18.2 Å². The van der Waals surface area contributed by atoms with Crippen LogP contribution in [-0.2, 0) is 6.54 Å². The molecule has 1 aromatic carbocycles. The van der Waals surface area contributed by atoms with Gasteiger partial charge >= 0.3 is 0 Å². The van der Waals surface area contributed by atoms with Crippen molar-refractivity contribution in [2.75, 3.05) is 6.61 Å². The lowest BCUT2D eigenvalue weighted by atomic mass is 9.99. The first kappa shape index (κ1) is 13.6. The van der Waals surface area contributed by atoms with Crippen LogP contribution in [0.1, 0.15) is 25.3 Å². The van der Waals surface area contributed by atoms with Crippen LogP contribution >= 0.6 is 0 Å². The number of aliphatic hydroxyl groups is 1. The van der Waals surface area contributed by atoms with Crippen LogP contribution in [0.5, 0.6) is 0 Å². The Morgan fingerprint density at radius 3 is 2.32 bits per heavy atom. The molecule has 0 amide bonds. The van der Waals surface area contributed by atoms with Crippen LogP contribution in [0, 0.1) is 0 Å². The van der Waals surface area contributed by atoms with Crippen molar-refractivity contribution in [1.82, 2.24) is 4.57 Å². The van der Waals surface area contributed by atoms with Gasteiger partial charge in [0.15, 0.2) is 0 Å². The molecule has 2 rings (SSSR count). The highest BCUT2D eigenvalue weighted by atomic mass is 16.3. The third-order valence-electron chi connectivity index (χ3n) is 3.25. The average molecular weight is 257 g/mol. The van der Waals surface area contributed by atoms with Gasteiger partial charge < -0.3 is 9.67 Å². The summed E-state index contributed by atoms with van der Waals surface area (Å²) in [6.07, 6.45) is 1.73. The Kier molecular flexibility index (Phi) is 4.17. The number of hydrogen-bond donors (Lipinski definition) is 1. The zero-order valence-electron chi connectivity index (χ0n) is 11.3. The van der Waals surface area contributed by atoms with Gasteiger partial charge in [-0.3, -0.25) is 4.79 Å². The molecule has 100 valence electrons. The van der Waals surface area contributed by atoms with E-state index in [-0.39, 0.29) is 12.2 Å². The van der Waals surface area contributed by atoms with Crippen molar-refractivity contribution in [3.8, 4) is 11.1 Å². The number of pyridine rings is 1. The van der Waals surface area contributed by atoms with Gasteiger partial charge in [-0.25, -0.2) is 0 Å². The van der Waals surface area contributed by atoms with Gasteiger partial charge in [-0.2, -0.15) is 0 Å². The van der Waals surface area contributed by atoms with Crippen molar-refractivity contribution < 1.29 is 5.11 Å². The fourth-order valence-corrected chi connectivity index (χ4v) is 2.04. The topological polar surface area (TPSA) is 42.2 Å². The molecular formula is C16H19NO2. The molecular weight excluding hydrogens is 238 g/mol. The molecule has 0 atom stereocenters. The van der Waals surface area contributed by atoms with E-state index in [0.29, 0.717) is 12.5 Å². The first-order valence-electron chi connectivity index (χ1n) is 6.53. The van der Waals surface area contributed by atoms with Crippen molar-refractivity contribution in [2.45, 2.75) is 26.3 Å². The van der Waals surface area contributed by atoms with Gasteiger partial charge in [-0.05, 0) is 28.7 Å². The van der Waals surface area contributed by atoms with Crippen LogP contribution in [-0.4, -0.2) is 16.3 Å². The summed E-state index contributed by atoms with van der Waals surface area (Å²) in [7, 11) is 0. The van der Waals surface area contributed by atoms with Crippen molar-refractivity contribution in [3.63, 3.8) is 0 Å². The molecule has 0 saturated heterocycles. The van der Waals surface area contributed by atoms with Crippen molar-refractivity contribution in [2.24, 2.45) is 0 Å². The molecule has 0 saturated carbocycles. The second-order valence-electron chi connectivity index (χ2n) is 4.95. The lowest BCUT2D eigenvalue weighted by molar-refractivity contribution is 0.274. The van der Waals surface area contributed by atoms with Crippen molar-refractivity contribution in [3.05, 3.63) is 58.5 Å². The highest BCUT2D eigenvalue weighted by Gasteiger charge is 2.03. The molecule has 0 radical (unpaired) electrons. The largest absolute Gasteiger partial charge is 0.395 e. The summed E-state index contributed by atoms with van der Waals surface area (Å²) in [4.78, 5) is 11.8. The standard InChI is InChI=1S/C16H19NO2/c1-12(2)13-3-5-14(6-4-13)15-7-8-17(9-10-18)16(19)11-15/h3-8,11-12,18H,9-10H2,1-2H3. The molecule has 3 heteroatoms. The third kappa shape index (κ3) is 3.12. The summed E-state index contributed by atoms with van der Waals surface area (Å²) in [6.45, 7) is 4.63. The number of nitrogens with zero attached hydrogens (tertiary/aromatic N) is 1. The Morgan fingerprint density at radius 1 is 1.11 bits per heavy atom. The molecule has 0 aliphatic heterocycles. The lowest BCUT2D eigenvalue weighted by Gasteiger charge is -2.08. The zero-order valence-corrected chi connectivity index (χ0v) is 11.3. The maximum atomic E-state index is 11.8. The number of aliphatic hydroxyl groups excluding tert-OH is 1. The second kappa shape index (κ2) is 5.85. The quantitative estimate of drug-likeness (QED) is 0.915. The molecule has 1 aromatic heterocycles. The highest BCUT2D eigenvalue weighted by molar-refractivity contribution is 5.63. The molecule has 0 fully saturated rings. The van der Waals surface area contributed by atoms with Gasteiger partial charge in [-0.1, -0.05) is 38.1 Å². The van der Waals surface area contributed by atoms with Crippen molar-refractivity contribution >= 4 is 0 Å². The van der Waals surface area contributed by atoms with E-state index in [2.05, 4.69) is 26.0 Å². The van der Waals surface area contributed by atoms with E-state index in [1.54, 1.807) is 12.3 Å². The summed E-state index contributed by atoms with van der Waals surface area (Å²) in [5, 5.41) is 8.85. The minimum Gasteiger partial charge on any atom is -0.395 e. The van der Waals surface area contributed by atoms with Crippen molar-refractivity contribution in [1.29, 1.82) is 0 Å². The van der Waals surface area contributed by atoms with Crippen LogP contribution in [0.3, 0.4) is 0 Å². The summed E-state index contributed by atoms with van der Waals surface area (Å²) < 4.78 is 1.51. The smallest absolute Gasteiger partial charge is 0.251 e. The maximum Gasteiger partial charge on any atom is 0.251 e. The molecule has 0 spiro atoms. The maximum absolute atomic E-state index is 11.8. The summed E-state index contributed by atoms with van der Waals surface area (Å²) in [6, 6.07) is 11.8. The van der Waals surface area contributed by atoms with Gasteiger partial charge in [0.1, 0.15) is 0 Å². The highest BCUT2D eigenvalue weighted by Crippen LogP contribution is 2.21. The second-order valence-corrected chi connectivity index (χ2v) is 4.95. The molecule has 1 N–H and O–H groups in total. The average Bonchev–Trinajstić information content (AvgIpc) is 2.41. The normalized spacial score (nSPS) is 10.9. The minimum atomic E-state index is -0.0838. The minimum absolute atomic E-state index is 0.0255. The third-order valence-corrected chi connectivity index (χ3v) is 3.25. The van der Waals surface area contributed by atoms with E-state index >= 15 is 0 Å². The fourth-order valence-electron chi connectivity index (χ4n) is 2.04. The molecule has 19 heavy (non-hydrogen) atoms. The zero-order chi connectivity index (χ0) is 13.8. The molecule has 3 nitrogen and oxygen atoms in total. The first-order valence-corrected chi connectivity index (χ1v) is 6.53. The number of hydrogen-bond acceptors (Lipinski definition) is 2. The van der Waals surface area contributed by atoms with Crippen LogP contribution < -0.4 is 5.56 Å². The van der Waals surface area contributed by atoms with Gasteiger partial charge in [0, 0.05) is 18.8 Å². The number of rotatable bonds is 4. The van der Waals surface area contributed by atoms with E-state index in [9.17, 15) is 4.79 Å². The lowest BCUT2D eigenvalue weighted by Crippen LogP contribution is -2.20. The van der Waals surface area contributed by atoms with Crippen LogP contribution in [0.15, 0.2) is 47.4 Å². The van der Waals surface area contributed by atoms with E-state index in [1.165, 1.54) is 10.1 Å². The SMILES string of the molecule is CC(C)c1ccc(-c2ccn(CCO)c(=O)c2)cc1. The van der Waals surface area contributed by atoms with E-state index in [0.717, 1.165) is 11.1 Å². The first-order chi connectivity index (χ1) is 9.11. The predicted octanol–water partition coefficient (Wildman–Crippen LogP) is 2.63. The van der Waals surface area contributed by atoms with E-state index < -0.39 is 0 Å². The molecule has 1 heterocycles. The number of aromatic nitrogens is 1. The van der Waals surface area contributed by atoms with Gasteiger partial charge in [0.25, 0.3) is 5.56 Å². The molecule has 2 aromatic rings. The molecule has 0 aliphatic rings. The fraction of sp³-hybridized carbons (Fsp3) is 0.312. The Morgan fingerprint density at radius 2 is 1.79 bits per heavy atom. The van der Waals surface area contributed by atoms with Gasteiger partial charge in [0.05, 0.1) is 6.61 Å². The number of benzene rings is 1. The van der Waals surface area contributed by atoms with Gasteiger partial charge in [0.2, 0.25) is 0 Å². The Hall–Kier alpha value is -1.87. The Labute approximate surface area is 113 Å². The summed E-state index contributed by atoms with van der Waals surface area (Å²) >= 11 is 0.